The Hall–Kier alpha value is -0.570. The Morgan fingerprint density at radius 3 is 2.29 bits per heavy atom. The van der Waals surface area contributed by atoms with Crippen LogP contribution in [0.3, 0.4) is 0 Å². The third-order valence-corrected chi connectivity index (χ3v) is 2.52. The summed E-state index contributed by atoms with van der Waals surface area (Å²) in [4.78, 5) is 13.8. The molecule has 0 spiro atoms. The zero-order chi connectivity index (χ0) is 11.4. The van der Waals surface area contributed by atoms with E-state index in [0.29, 0.717) is 0 Å². The third kappa shape index (κ3) is 4.61. The average Bonchev–Trinajstić information content (AvgIpc) is 2.02. The molecule has 0 heterocycles. The van der Waals surface area contributed by atoms with Gasteiger partial charge in [0.1, 0.15) is 0 Å². The molecule has 0 fully saturated rings. The van der Waals surface area contributed by atoms with E-state index in [1.165, 1.54) is 0 Å². The van der Waals surface area contributed by atoms with Crippen LogP contribution in [-0.4, -0.2) is 37.5 Å². The van der Waals surface area contributed by atoms with Gasteiger partial charge in [-0.25, -0.2) is 0 Å². The first-order valence-corrected chi connectivity index (χ1v) is 5.25. The van der Waals surface area contributed by atoms with Crippen LogP contribution in [0, 0.1) is 5.41 Å². The molecule has 1 amide bonds. The van der Waals surface area contributed by atoms with Crippen molar-refractivity contribution in [2.75, 3.05) is 20.6 Å². The number of hydrogen-bond acceptors (Lipinski definition) is 2. The molecular formula is C11H24N2O. The minimum Gasteiger partial charge on any atom is -0.352 e. The smallest absolute Gasteiger partial charge is 0.225 e. The summed E-state index contributed by atoms with van der Waals surface area (Å²) in [5, 5.41) is 3.02. The van der Waals surface area contributed by atoms with Gasteiger partial charge in [-0.15, -0.1) is 0 Å². The average molecular weight is 200 g/mol. The minimum atomic E-state index is -0.249. The van der Waals surface area contributed by atoms with Crippen molar-refractivity contribution in [3.63, 3.8) is 0 Å². The predicted molar refractivity (Wildman–Crippen MR) is 60.2 cm³/mol. The lowest BCUT2D eigenvalue weighted by Crippen LogP contribution is -2.45. The van der Waals surface area contributed by atoms with Crippen molar-refractivity contribution >= 4 is 5.91 Å². The Morgan fingerprint density at radius 1 is 1.43 bits per heavy atom. The fourth-order valence-electron chi connectivity index (χ4n) is 1.17. The van der Waals surface area contributed by atoms with Gasteiger partial charge >= 0.3 is 0 Å². The van der Waals surface area contributed by atoms with Crippen LogP contribution < -0.4 is 5.32 Å². The first-order valence-electron chi connectivity index (χ1n) is 5.25. The van der Waals surface area contributed by atoms with Crippen LogP contribution in [-0.2, 0) is 4.79 Å². The van der Waals surface area contributed by atoms with E-state index in [9.17, 15) is 4.79 Å². The highest BCUT2D eigenvalue weighted by Gasteiger charge is 2.26. The Morgan fingerprint density at radius 2 is 1.93 bits per heavy atom. The summed E-state index contributed by atoms with van der Waals surface area (Å²) in [6.07, 6.45) is 0.869. The molecule has 14 heavy (non-hydrogen) atoms. The van der Waals surface area contributed by atoms with E-state index in [1.807, 2.05) is 41.8 Å². The van der Waals surface area contributed by atoms with Crippen molar-refractivity contribution in [1.29, 1.82) is 0 Å². The summed E-state index contributed by atoms with van der Waals surface area (Å²) in [5.74, 6) is 0.148. The van der Waals surface area contributed by atoms with Crippen LogP contribution >= 0.6 is 0 Å². The number of amides is 1. The van der Waals surface area contributed by atoms with E-state index >= 15 is 0 Å². The highest BCUT2D eigenvalue weighted by molar-refractivity contribution is 5.81. The second-order valence-electron chi connectivity index (χ2n) is 4.87. The Balaban J connectivity index is 4.06. The molecule has 84 valence electrons. The fraction of sp³-hybridized carbons (Fsp3) is 0.909. The zero-order valence-corrected chi connectivity index (χ0v) is 10.3. The highest BCUT2D eigenvalue weighted by Crippen LogP contribution is 2.19. The quantitative estimate of drug-likeness (QED) is 0.729. The molecule has 0 aliphatic rings. The van der Waals surface area contributed by atoms with E-state index in [4.69, 9.17) is 0 Å². The van der Waals surface area contributed by atoms with E-state index in [0.717, 1.165) is 13.0 Å². The summed E-state index contributed by atoms with van der Waals surface area (Å²) in [7, 11) is 4.02. The predicted octanol–water partition coefficient (Wildman–Crippen LogP) is 1.49. The standard InChI is InChI=1S/C11H24N2O/c1-7-11(3,4)10(14)12-9(2)8-13(5)6/h9H,7-8H2,1-6H3,(H,12,14)/t9-/m1/s1. The highest BCUT2D eigenvalue weighted by atomic mass is 16.2. The number of likely N-dealkylation sites (N-methyl/N-ethyl adjacent to an activating group) is 1. The van der Waals surface area contributed by atoms with Crippen molar-refractivity contribution in [2.24, 2.45) is 5.41 Å². The van der Waals surface area contributed by atoms with Gasteiger partial charge in [-0.3, -0.25) is 4.79 Å². The number of hydrogen-bond donors (Lipinski definition) is 1. The van der Waals surface area contributed by atoms with E-state index in [1.54, 1.807) is 0 Å². The maximum Gasteiger partial charge on any atom is 0.225 e. The minimum absolute atomic E-state index is 0.148. The van der Waals surface area contributed by atoms with Crippen LogP contribution in [0.15, 0.2) is 0 Å². The SMILES string of the molecule is CCC(C)(C)C(=O)N[C@H](C)CN(C)C. The van der Waals surface area contributed by atoms with Gasteiger partial charge in [-0.1, -0.05) is 20.8 Å². The number of nitrogens with one attached hydrogen (secondary N) is 1. The van der Waals surface area contributed by atoms with Gasteiger partial charge in [0.25, 0.3) is 0 Å². The van der Waals surface area contributed by atoms with Crippen LogP contribution in [0.2, 0.25) is 0 Å². The van der Waals surface area contributed by atoms with Gasteiger partial charge in [0.15, 0.2) is 0 Å². The molecule has 0 radical (unpaired) electrons. The van der Waals surface area contributed by atoms with Gasteiger partial charge in [0, 0.05) is 18.0 Å². The number of carbonyl (C=O) groups is 1. The van der Waals surface area contributed by atoms with Crippen molar-refractivity contribution in [2.45, 2.75) is 40.2 Å². The van der Waals surface area contributed by atoms with Crippen LogP contribution in [0.4, 0.5) is 0 Å². The van der Waals surface area contributed by atoms with Gasteiger partial charge in [-0.2, -0.15) is 0 Å². The third-order valence-electron chi connectivity index (χ3n) is 2.52. The number of carbonyl (C=O) groups excluding carboxylic acids is 1. The molecule has 1 atom stereocenters. The summed E-state index contributed by atoms with van der Waals surface area (Å²) in [6, 6.07) is 0.211. The lowest BCUT2D eigenvalue weighted by atomic mass is 9.89. The second-order valence-corrected chi connectivity index (χ2v) is 4.87. The molecule has 0 saturated carbocycles. The molecule has 0 aromatic heterocycles. The second kappa shape index (κ2) is 5.35. The molecule has 0 aromatic carbocycles. The van der Waals surface area contributed by atoms with E-state index in [-0.39, 0.29) is 17.4 Å². The molecule has 0 rings (SSSR count). The monoisotopic (exact) mass is 200 g/mol. The van der Waals surface area contributed by atoms with Crippen molar-refractivity contribution < 1.29 is 4.79 Å². The topological polar surface area (TPSA) is 32.3 Å². The van der Waals surface area contributed by atoms with Crippen LogP contribution in [0.1, 0.15) is 34.1 Å². The molecule has 3 nitrogen and oxygen atoms in total. The largest absolute Gasteiger partial charge is 0.352 e. The summed E-state index contributed by atoms with van der Waals surface area (Å²) >= 11 is 0. The lowest BCUT2D eigenvalue weighted by molar-refractivity contribution is -0.130. The molecule has 0 saturated heterocycles. The Kier molecular flexibility index (Phi) is 5.13. The van der Waals surface area contributed by atoms with Gasteiger partial charge in [-0.05, 0) is 27.4 Å². The zero-order valence-electron chi connectivity index (χ0n) is 10.3. The van der Waals surface area contributed by atoms with Gasteiger partial charge in [0.05, 0.1) is 0 Å². The maximum absolute atomic E-state index is 11.8. The van der Waals surface area contributed by atoms with Crippen LogP contribution in [0.25, 0.3) is 0 Å². The molecule has 3 heteroatoms. The molecule has 0 aliphatic carbocycles. The summed E-state index contributed by atoms with van der Waals surface area (Å²) in [6.45, 7) is 8.90. The Bertz CT molecular complexity index is 188. The molecule has 0 aliphatic heterocycles. The van der Waals surface area contributed by atoms with E-state index in [2.05, 4.69) is 10.2 Å². The van der Waals surface area contributed by atoms with Gasteiger partial charge in [0.2, 0.25) is 5.91 Å². The van der Waals surface area contributed by atoms with Gasteiger partial charge < -0.3 is 10.2 Å². The van der Waals surface area contributed by atoms with Crippen molar-refractivity contribution in [3.05, 3.63) is 0 Å². The summed E-state index contributed by atoms with van der Waals surface area (Å²) < 4.78 is 0. The molecule has 0 bridgehead atoms. The molecular weight excluding hydrogens is 176 g/mol. The fourth-order valence-corrected chi connectivity index (χ4v) is 1.17. The van der Waals surface area contributed by atoms with Crippen molar-refractivity contribution in [3.8, 4) is 0 Å². The first-order chi connectivity index (χ1) is 6.29. The van der Waals surface area contributed by atoms with Crippen LogP contribution in [0.5, 0.6) is 0 Å². The van der Waals surface area contributed by atoms with Crippen molar-refractivity contribution in [1.82, 2.24) is 10.2 Å². The Labute approximate surface area is 87.9 Å². The number of rotatable bonds is 5. The molecule has 1 N–H and O–H groups in total. The lowest BCUT2D eigenvalue weighted by Gasteiger charge is -2.25. The summed E-state index contributed by atoms with van der Waals surface area (Å²) in [5.41, 5.74) is -0.249. The first kappa shape index (κ1) is 13.4. The normalized spacial score (nSPS) is 14.2. The molecule has 0 aromatic rings. The number of nitrogens with zero attached hydrogens (tertiary/aromatic N) is 1. The maximum atomic E-state index is 11.8. The molecule has 0 unspecified atom stereocenters. The van der Waals surface area contributed by atoms with E-state index < -0.39 is 0 Å².